The zero-order chi connectivity index (χ0) is 23.3. The Bertz CT molecular complexity index is 1250. The van der Waals surface area contributed by atoms with Crippen LogP contribution in [0.2, 0.25) is 0 Å². The van der Waals surface area contributed by atoms with Crippen molar-refractivity contribution in [2.45, 2.75) is 4.90 Å². The predicted molar refractivity (Wildman–Crippen MR) is 113 cm³/mol. The molecule has 10 heteroatoms. The highest BCUT2D eigenvalue weighted by Crippen LogP contribution is 2.28. The average molecular weight is 463 g/mol. The van der Waals surface area contributed by atoms with Crippen LogP contribution in [-0.4, -0.2) is 39.8 Å². The van der Waals surface area contributed by atoms with Gasteiger partial charge in [-0.25, -0.2) is 22.0 Å². The van der Waals surface area contributed by atoms with Crippen molar-refractivity contribution in [1.82, 2.24) is 0 Å². The summed E-state index contributed by atoms with van der Waals surface area (Å²) in [7, 11) is -2.70. The molecule has 0 aliphatic carbocycles. The van der Waals surface area contributed by atoms with Crippen LogP contribution in [0.3, 0.4) is 0 Å². The Morgan fingerprint density at radius 2 is 1.81 bits per heavy atom. The Hall–Kier alpha value is -3.50. The van der Waals surface area contributed by atoms with Gasteiger partial charge in [-0.2, -0.15) is 0 Å². The lowest BCUT2D eigenvalue weighted by atomic mass is 10.1. The fraction of sp³-hybridized carbons (Fsp3) is 0.136. The number of hydrogen-bond donors (Lipinski definition) is 2. The standard InChI is InChI=1S/C22H19F2NO6S/c1-30-9-10-31-22(27)18-7-6-16(13-21(18)26)25-32(28,29)17-4-2-3-14(11-17)19-12-15(23)5-8-20(19)24/h2-8,11-13,25-26H,9-10H2,1H3. The number of carbonyl (C=O) groups is 1. The molecular formula is C22H19F2NO6S. The van der Waals surface area contributed by atoms with E-state index in [-0.39, 0.29) is 40.5 Å². The zero-order valence-corrected chi connectivity index (χ0v) is 17.7. The van der Waals surface area contributed by atoms with Crippen LogP contribution in [0, 0.1) is 11.6 Å². The molecule has 2 N–H and O–H groups in total. The van der Waals surface area contributed by atoms with Crippen molar-refractivity contribution < 1.29 is 36.6 Å². The van der Waals surface area contributed by atoms with Gasteiger partial charge >= 0.3 is 5.97 Å². The predicted octanol–water partition coefficient (Wildman–Crippen LogP) is 3.94. The zero-order valence-electron chi connectivity index (χ0n) is 16.8. The number of phenols is 1. The lowest BCUT2D eigenvalue weighted by Crippen LogP contribution is -2.14. The minimum atomic E-state index is -4.14. The molecule has 0 aliphatic heterocycles. The number of carbonyl (C=O) groups excluding carboxylic acids is 1. The van der Waals surface area contributed by atoms with Crippen molar-refractivity contribution in [3.05, 3.63) is 77.9 Å². The number of halogens is 2. The van der Waals surface area contributed by atoms with Gasteiger partial charge in [0.05, 0.1) is 17.2 Å². The maximum Gasteiger partial charge on any atom is 0.341 e. The van der Waals surface area contributed by atoms with E-state index in [1.807, 2.05) is 0 Å². The molecule has 3 aromatic carbocycles. The fourth-order valence-electron chi connectivity index (χ4n) is 2.83. The first kappa shape index (κ1) is 23.2. The number of anilines is 1. The Balaban J connectivity index is 1.83. The van der Waals surface area contributed by atoms with Crippen molar-refractivity contribution in [3.63, 3.8) is 0 Å². The van der Waals surface area contributed by atoms with Gasteiger partial charge in [0.2, 0.25) is 0 Å². The molecular weight excluding hydrogens is 444 g/mol. The second-order valence-corrected chi connectivity index (χ2v) is 8.30. The number of sulfonamides is 1. The van der Waals surface area contributed by atoms with Gasteiger partial charge in [-0.3, -0.25) is 4.72 Å². The highest BCUT2D eigenvalue weighted by molar-refractivity contribution is 7.92. The first-order valence-corrected chi connectivity index (χ1v) is 10.8. The van der Waals surface area contributed by atoms with Gasteiger partial charge in [0.1, 0.15) is 29.6 Å². The summed E-state index contributed by atoms with van der Waals surface area (Å²) in [5.41, 5.74) is -0.0798. The lowest BCUT2D eigenvalue weighted by molar-refractivity contribution is 0.0385. The molecule has 0 aliphatic rings. The number of phenolic OH excluding ortho intramolecular Hbond substituents is 1. The molecule has 0 unspecified atom stereocenters. The van der Waals surface area contributed by atoms with Crippen LogP contribution in [0.5, 0.6) is 5.75 Å². The minimum absolute atomic E-state index is 0.00853. The molecule has 0 saturated heterocycles. The highest BCUT2D eigenvalue weighted by Gasteiger charge is 2.19. The smallest absolute Gasteiger partial charge is 0.341 e. The number of benzene rings is 3. The van der Waals surface area contributed by atoms with E-state index in [0.717, 1.165) is 24.3 Å². The van der Waals surface area contributed by atoms with Crippen LogP contribution in [0.1, 0.15) is 10.4 Å². The number of esters is 1. The molecule has 3 aromatic rings. The van der Waals surface area contributed by atoms with Crippen LogP contribution >= 0.6 is 0 Å². The van der Waals surface area contributed by atoms with Crippen molar-refractivity contribution in [2.75, 3.05) is 25.0 Å². The lowest BCUT2D eigenvalue weighted by Gasteiger charge is -2.12. The van der Waals surface area contributed by atoms with Gasteiger partial charge in [0.15, 0.2) is 0 Å². The molecule has 0 amide bonds. The third-order valence-electron chi connectivity index (χ3n) is 4.37. The molecule has 0 aromatic heterocycles. The molecule has 168 valence electrons. The van der Waals surface area contributed by atoms with Gasteiger partial charge in [-0.1, -0.05) is 12.1 Å². The topological polar surface area (TPSA) is 102 Å². The van der Waals surface area contributed by atoms with Gasteiger partial charge in [-0.15, -0.1) is 0 Å². The van der Waals surface area contributed by atoms with E-state index in [0.29, 0.717) is 0 Å². The van der Waals surface area contributed by atoms with E-state index in [9.17, 15) is 27.1 Å². The number of aromatic hydroxyl groups is 1. The van der Waals surface area contributed by atoms with Crippen LogP contribution in [0.25, 0.3) is 11.1 Å². The minimum Gasteiger partial charge on any atom is -0.507 e. The maximum absolute atomic E-state index is 14.1. The molecule has 0 spiro atoms. The van der Waals surface area contributed by atoms with Crippen molar-refractivity contribution in [3.8, 4) is 16.9 Å². The van der Waals surface area contributed by atoms with Gasteiger partial charge in [0, 0.05) is 18.7 Å². The summed E-state index contributed by atoms with van der Waals surface area (Å²) >= 11 is 0. The Morgan fingerprint density at radius 1 is 1.03 bits per heavy atom. The molecule has 3 rings (SSSR count). The molecule has 0 heterocycles. The number of methoxy groups -OCH3 is 1. The summed E-state index contributed by atoms with van der Waals surface area (Å²) in [6.07, 6.45) is 0. The third-order valence-corrected chi connectivity index (χ3v) is 5.75. The summed E-state index contributed by atoms with van der Waals surface area (Å²) < 4.78 is 65.1. The first-order valence-electron chi connectivity index (χ1n) is 9.28. The summed E-state index contributed by atoms with van der Waals surface area (Å²) in [6, 6.07) is 11.8. The molecule has 32 heavy (non-hydrogen) atoms. The van der Waals surface area contributed by atoms with E-state index < -0.39 is 33.4 Å². The molecule has 0 fully saturated rings. The van der Waals surface area contributed by atoms with Crippen LogP contribution in [0.15, 0.2) is 65.6 Å². The summed E-state index contributed by atoms with van der Waals surface area (Å²) in [6.45, 7) is 0.175. The third kappa shape index (κ3) is 5.40. The summed E-state index contributed by atoms with van der Waals surface area (Å²) in [4.78, 5) is 11.7. The normalized spacial score (nSPS) is 11.2. The van der Waals surface area contributed by atoms with Crippen molar-refractivity contribution >= 4 is 21.7 Å². The van der Waals surface area contributed by atoms with E-state index in [1.165, 1.54) is 43.5 Å². The summed E-state index contributed by atoms with van der Waals surface area (Å²) in [5.74, 6) is -2.64. The largest absolute Gasteiger partial charge is 0.507 e. The fourth-order valence-corrected chi connectivity index (χ4v) is 3.92. The number of ether oxygens (including phenoxy) is 2. The first-order chi connectivity index (χ1) is 15.2. The van der Waals surface area contributed by atoms with E-state index in [4.69, 9.17) is 9.47 Å². The van der Waals surface area contributed by atoms with Crippen LogP contribution in [0.4, 0.5) is 14.5 Å². The number of hydrogen-bond acceptors (Lipinski definition) is 6. The second kappa shape index (κ2) is 9.75. The Morgan fingerprint density at radius 3 is 2.53 bits per heavy atom. The monoisotopic (exact) mass is 463 g/mol. The molecule has 7 nitrogen and oxygen atoms in total. The van der Waals surface area contributed by atoms with Gasteiger partial charge in [-0.05, 0) is 48.0 Å². The Kier molecular flexibility index (Phi) is 7.06. The highest BCUT2D eigenvalue weighted by atomic mass is 32.2. The molecule has 0 atom stereocenters. The van der Waals surface area contributed by atoms with Crippen LogP contribution < -0.4 is 4.72 Å². The van der Waals surface area contributed by atoms with Crippen LogP contribution in [-0.2, 0) is 19.5 Å². The molecule has 0 bridgehead atoms. The number of nitrogens with one attached hydrogen (secondary N) is 1. The quantitative estimate of drug-likeness (QED) is 0.388. The Labute approximate surface area is 183 Å². The number of rotatable bonds is 8. The molecule has 0 radical (unpaired) electrons. The SMILES string of the molecule is COCCOC(=O)c1ccc(NS(=O)(=O)c2cccc(-c3cc(F)ccc3F)c2)cc1O. The van der Waals surface area contributed by atoms with Crippen molar-refractivity contribution in [2.24, 2.45) is 0 Å². The molecule has 0 saturated carbocycles. The van der Waals surface area contributed by atoms with E-state index in [2.05, 4.69) is 4.72 Å². The second-order valence-electron chi connectivity index (χ2n) is 6.62. The average Bonchev–Trinajstić information content (AvgIpc) is 2.75. The maximum atomic E-state index is 14.1. The van der Waals surface area contributed by atoms with E-state index in [1.54, 1.807) is 0 Å². The summed E-state index contributed by atoms with van der Waals surface area (Å²) in [5, 5.41) is 10.1. The van der Waals surface area contributed by atoms with E-state index >= 15 is 0 Å². The van der Waals surface area contributed by atoms with Crippen molar-refractivity contribution in [1.29, 1.82) is 0 Å². The van der Waals surface area contributed by atoms with Gasteiger partial charge in [0.25, 0.3) is 10.0 Å². The van der Waals surface area contributed by atoms with Gasteiger partial charge < -0.3 is 14.6 Å².